The van der Waals surface area contributed by atoms with E-state index in [9.17, 15) is 4.79 Å². The predicted octanol–water partition coefficient (Wildman–Crippen LogP) is 1.65. The average molecular weight is 237 g/mol. The monoisotopic (exact) mass is 237 g/mol. The van der Waals surface area contributed by atoms with Crippen LogP contribution >= 0.6 is 0 Å². The molecular formula is C12H19N3O2. The highest BCUT2D eigenvalue weighted by Gasteiger charge is 2.22. The fourth-order valence-electron chi connectivity index (χ4n) is 2.02. The van der Waals surface area contributed by atoms with Gasteiger partial charge in [-0.1, -0.05) is 6.92 Å². The first-order valence-corrected chi connectivity index (χ1v) is 6.13. The number of hydrogen-bond acceptors (Lipinski definition) is 3. The Labute approximate surface area is 101 Å². The second-order valence-electron chi connectivity index (χ2n) is 4.30. The molecule has 0 saturated carbocycles. The molecule has 0 aromatic carbocycles. The van der Waals surface area contributed by atoms with Crippen LogP contribution < -0.4 is 5.73 Å². The first kappa shape index (κ1) is 12.0. The third-order valence-corrected chi connectivity index (χ3v) is 2.83. The summed E-state index contributed by atoms with van der Waals surface area (Å²) in [6, 6.07) is 1.72. The van der Waals surface area contributed by atoms with E-state index in [0.717, 1.165) is 25.8 Å². The third-order valence-electron chi connectivity index (χ3n) is 2.83. The van der Waals surface area contributed by atoms with Crippen LogP contribution in [0.3, 0.4) is 0 Å². The summed E-state index contributed by atoms with van der Waals surface area (Å²) >= 11 is 0. The van der Waals surface area contributed by atoms with E-state index in [-0.39, 0.29) is 5.91 Å². The minimum absolute atomic E-state index is 0.0881. The van der Waals surface area contributed by atoms with Crippen LogP contribution in [-0.4, -0.2) is 28.7 Å². The van der Waals surface area contributed by atoms with E-state index >= 15 is 0 Å². The number of rotatable bonds is 3. The standard InChI is InChI=1S/C12H19N3O2/c1-2-5-14-9-10(13)8-11(14)12(16)15-6-3-4-7-17-15/h8-9H,2-7,13H2,1H3. The number of hydroxylamine groups is 2. The number of hydrogen-bond donors (Lipinski definition) is 1. The molecule has 0 unspecified atom stereocenters. The van der Waals surface area contributed by atoms with E-state index in [1.807, 2.05) is 4.57 Å². The molecule has 1 saturated heterocycles. The third kappa shape index (κ3) is 2.61. The van der Waals surface area contributed by atoms with Crippen LogP contribution in [-0.2, 0) is 11.4 Å². The summed E-state index contributed by atoms with van der Waals surface area (Å²) in [6.45, 7) is 4.15. The van der Waals surface area contributed by atoms with Crippen molar-refractivity contribution in [3.05, 3.63) is 18.0 Å². The van der Waals surface area contributed by atoms with Gasteiger partial charge in [0.2, 0.25) is 0 Å². The molecule has 1 amide bonds. The smallest absolute Gasteiger partial charge is 0.294 e. The lowest BCUT2D eigenvalue weighted by atomic mass is 10.3. The minimum Gasteiger partial charge on any atom is -0.397 e. The molecule has 1 fully saturated rings. The molecule has 17 heavy (non-hydrogen) atoms. The van der Waals surface area contributed by atoms with Gasteiger partial charge in [0.05, 0.1) is 12.3 Å². The molecule has 1 aromatic rings. The number of carbonyl (C=O) groups is 1. The second kappa shape index (κ2) is 5.23. The Balaban J connectivity index is 2.16. The Morgan fingerprint density at radius 2 is 2.35 bits per heavy atom. The maximum Gasteiger partial charge on any atom is 0.294 e. The molecule has 0 spiro atoms. The average Bonchev–Trinajstić information content (AvgIpc) is 2.71. The molecule has 0 aliphatic carbocycles. The van der Waals surface area contributed by atoms with Gasteiger partial charge < -0.3 is 10.3 Å². The van der Waals surface area contributed by atoms with Gasteiger partial charge in [0.1, 0.15) is 5.69 Å². The molecule has 1 aromatic heterocycles. The number of anilines is 1. The lowest BCUT2D eigenvalue weighted by Gasteiger charge is -2.26. The lowest BCUT2D eigenvalue weighted by molar-refractivity contribution is -0.144. The highest BCUT2D eigenvalue weighted by Crippen LogP contribution is 2.16. The summed E-state index contributed by atoms with van der Waals surface area (Å²) in [5.74, 6) is -0.0881. The molecule has 0 radical (unpaired) electrons. The minimum atomic E-state index is -0.0881. The predicted molar refractivity (Wildman–Crippen MR) is 65.4 cm³/mol. The molecule has 5 heteroatoms. The summed E-state index contributed by atoms with van der Waals surface area (Å²) in [4.78, 5) is 17.6. The van der Waals surface area contributed by atoms with Crippen LogP contribution in [0.15, 0.2) is 12.3 Å². The van der Waals surface area contributed by atoms with Crippen molar-refractivity contribution in [1.82, 2.24) is 9.63 Å². The van der Waals surface area contributed by atoms with Crippen molar-refractivity contribution in [2.45, 2.75) is 32.7 Å². The number of amides is 1. The van der Waals surface area contributed by atoms with Crippen LogP contribution in [0.2, 0.25) is 0 Å². The number of aryl methyl sites for hydroxylation is 1. The first-order chi connectivity index (χ1) is 8.22. The number of nitrogen functional groups attached to an aromatic ring is 1. The van der Waals surface area contributed by atoms with Crippen LogP contribution in [0, 0.1) is 0 Å². The number of carbonyl (C=O) groups excluding carboxylic acids is 1. The number of nitrogens with two attached hydrogens (primary N) is 1. The maximum absolute atomic E-state index is 12.2. The largest absolute Gasteiger partial charge is 0.397 e. The zero-order chi connectivity index (χ0) is 12.3. The van der Waals surface area contributed by atoms with Gasteiger partial charge in [-0.3, -0.25) is 9.63 Å². The fraction of sp³-hybridized carbons (Fsp3) is 0.583. The molecule has 1 aliphatic rings. The molecule has 2 rings (SSSR count). The highest BCUT2D eigenvalue weighted by molar-refractivity contribution is 5.93. The fourth-order valence-corrected chi connectivity index (χ4v) is 2.02. The Morgan fingerprint density at radius 3 is 3.00 bits per heavy atom. The Morgan fingerprint density at radius 1 is 1.53 bits per heavy atom. The van der Waals surface area contributed by atoms with E-state index < -0.39 is 0 Å². The van der Waals surface area contributed by atoms with Crippen LogP contribution in [0.25, 0.3) is 0 Å². The quantitative estimate of drug-likeness (QED) is 0.869. The second-order valence-corrected chi connectivity index (χ2v) is 4.30. The first-order valence-electron chi connectivity index (χ1n) is 6.13. The zero-order valence-electron chi connectivity index (χ0n) is 10.2. The van der Waals surface area contributed by atoms with Crippen molar-refractivity contribution >= 4 is 11.6 Å². The topological polar surface area (TPSA) is 60.5 Å². The summed E-state index contributed by atoms with van der Waals surface area (Å²) in [7, 11) is 0. The summed E-state index contributed by atoms with van der Waals surface area (Å²) in [6.07, 6.45) is 4.79. The Kier molecular flexibility index (Phi) is 3.68. The Hall–Kier alpha value is -1.49. The normalized spacial score (nSPS) is 16.2. The zero-order valence-corrected chi connectivity index (χ0v) is 10.2. The van der Waals surface area contributed by atoms with Crippen LogP contribution in [0.4, 0.5) is 5.69 Å². The van der Waals surface area contributed by atoms with Crippen molar-refractivity contribution in [3.63, 3.8) is 0 Å². The summed E-state index contributed by atoms with van der Waals surface area (Å²) < 4.78 is 1.90. The molecule has 1 aliphatic heterocycles. The highest BCUT2D eigenvalue weighted by atomic mass is 16.7. The van der Waals surface area contributed by atoms with Gasteiger partial charge >= 0.3 is 0 Å². The molecule has 2 N–H and O–H groups in total. The van der Waals surface area contributed by atoms with Gasteiger partial charge in [-0.15, -0.1) is 0 Å². The van der Waals surface area contributed by atoms with Crippen molar-refractivity contribution in [2.24, 2.45) is 0 Å². The van der Waals surface area contributed by atoms with E-state index in [2.05, 4.69) is 6.92 Å². The SMILES string of the molecule is CCCn1cc(N)cc1C(=O)N1CCCCO1. The summed E-state index contributed by atoms with van der Waals surface area (Å²) in [5.41, 5.74) is 6.99. The maximum atomic E-state index is 12.2. The van der Waals surface area contributed by atoms with Gasteiger partial charge in [-0.2, -0.15) is 0 Å². The molecule has 2 heterocycles. The van der Waals surface area contributed by atoms with Crippen LogP contribution in [0.1, 0.15) is 36.7 Å². The van der Waals surface area contributed by atoms with Crippen molar-refractivity contribution in [3.8, 4) is 0 Å². The van der Waals surface area contributed by atoms with Gasteiger partial charge in [0.25, 0.3) is 5.91 Å². The molecule has 0 atom stereocenters. The van der Waals surface area contributed by atoms with E-state index in [1.165, 1.54) is 5.06 Å². The molecule has 0 bridgehead atoms. The van der Waals surface area contributed by atoms with Crippen molar-refractivity contribution in [1.29, 1.82) is 0 Å². The van der Waals surface area contributed by atoms with Crippen molar-refractivity contribution < 1.29 is 9.63 Å². The van der Waals surface area contributed by atoms with E-state index in [4.69, 9.17) is 10.6 Å². The summed E-state index contributed by atoms with van der Waals surface area (Å²) in [5, 5.41) is 1.45. The van der Waals surface area contributed by atoms with Gasteiger partial charge in [0.15, 0.2) is 0 Å². The van der Waals surface area contributed by atoms with E-state index in [0.29, 0.717) is 24.5 Å². The van der Waals surface area contributed by atoms with Crippen LogP contribution in [0.5, 0.6) is 0 Å². The van der Waals surface area contributed by atoms with Crippen molar-refractivity contribution in [2.75, 3.05) is 18.9 Å². The molecule has 94 valence electrons. The van der Waals surface area contributed by atoms with Gasteiger partial charge in [-0.25, -0.2) is 5.06 Å². The lowest BCUT2D eigenvalue weighted by Crippen LogP contribution is -2.36. The number of nitrogens with zero attached hydrogens (tertiary/aromatic N) is 2. The van der Waals surface area contributed by atoms with Gasteiger partial charge in [-0.05, 0) is 25.3 Å². The van der Waals surface area contributed by atoms with Gasteiger partial charge in [0, 0.05) is 19.3 Å². The molecule has 5 nitrogen and oxygen atoms in total. The Bertz CT molecular complexity index is 394. The molecular weight excluding hydrogens is 218 g/mol. The number of aromatic nitrogens is 1. The van der Waals surface area contributed by atoms with E-state index in [1.54, 1.807) is 12.3 Å².